The SMILES string of the molecule is CN=C(NCc1ccc(CN2CCN(C)CC2)cc1)N(C)Cc1ccccc1OC.I. The van der Waals surface area contributed by atoms with Gasteiger partial charge in [0.15, 0.2) is 5.96 Å². The number of aliphatic imine (C=N–C) groups is 1. The Kier molecular flexibility index (Phi) is 10.6. The molecule has 0 saturated carbocycles. The largest absolute Gasteiger partial charge is 0.496 e. The molecule has 0 aliphatic carbocycles. The van der Waals surface area contributed by atoms with Crippen LogP contribution in [0.25, 0.3) is 0 Å². The molecule has 1 saturated heterocycles. The van der Waals surface area contributed by atoms with Crippen LogP contribution in [0.2, 0.25) is 0 Å². The van der Waals surface area contributed by atoms with Gasteiger partial charge in [-0.05, 0) is 24.2 Å². The molecule has 1 aliphatic rings. The normalized spacial score (nSPS) is 15.3. The molecule has 0 atom stereocenters. The maximum Gasteiger partial charge on any atom is 0.193 e. The molecule has 0 aromatic heterocycles. The molecule has 1 heterocycles. The third-order valence-corrected chi connectivity index (χ3v) is 5.65. The van der Waals surface area contributed by atoms with Gasteiger partial charge in [0.25, 0.3) is 0 Å². The van der Waals surface area contributed by atoms with Gasteiger partial charge in [-0.25, -0.2) is 0 Å². The molecule has 1 fully saturated rings. The Morgan fingerprint density at radius 3 is 2.32 bits per heavy atom. The number of halogens is 1. The summed E-state index contributed by atoms with van der Waals surface area (Å²) in [4.78, 5) is 11.5. The van der Waals surface area contributed by atoms with Crippen LogP contribution in [0.3, 0.4) is 0 Å². The van der Waals surface area contributed by atoms with Crippen LogP contribution in [0.5, 0.6) is 5.75 Å². The van der Waals surface area contributed by atoms with Gasteiger partial charge in [-0.2, -0.15) is 0 Å². The van der Waals surface area contributed by atoms with Crippen LogP contribution in [0.15, 0.2) is 53.5 Å². The van der Waals surface area contributed by atoms with Gasteiger partial charge in [0, 0.05) is 65.5 Å². The molecule has 0 bridgehead atoms. The van der Waals surface area contributed by atoms with Crippen molar-refractivity contribution in [2.75, 3.05) is 54.4 Å². The number of nitrogens with one attached hydrogen (secondary N) is 1. The van der Waals surface area contributed by atoms with Gasteiger partial charge in [0.1, 0.15) is 5.75 Å². The first kappa shape index (κ1) is 25.4. The first-order valence-electron chi connectivity index (χ1n) is 10.6. The summed E-state index contributed by atoms with van der Waals surface area (Å²) in [6.07, 6.45) is 0. The van der Waals surface area contributed by atoms with Crippen LogP contribution in [0.4, 0.5) is 0 Å². The highest BCUT2D eigenvalue weighted by atomic mass is 127. The lowest BCUT2D eigenvalue weighted by Gasteiger charge is -2.32. The van der Waals surface area contributed by atoms with Crippen molar-refractivity contribution in [3.63, 3.8) is 0 Å². The van der Waals surface area contributed by atoms with Gasteiger partial charge < -0.3 is 19.9 Å². The van der Waals surface area contributed by atoms with Crippen molar-refractivity contribution in [3.05, 3.63) is 65.2 Å². The highest BCUT2D eigenvalue weighted by Gasteiger charge is 2.14. The van der Waals surface area contributed by atoms with Crippen molar-refractivity contribution >= 4 is 29.9 Å². The van der Waals surface area contributed by atoms with E-state index in [1.54, 1.807) is 7.11 Å². The predicted octanol–water partition coefficient (Wildman–Crippen LogP) is 3.27. The fraction of sp³-hybridized carbons (Fsp3) is 0.458. The second kappa shape index (κ2) is 12.9. The number of likely N-dealkylation sites (N-methyl/N-ethyl adjacent to an activating group) is 1. The Balaban J connectivity index is 0.00000341. The molecular weight excluding hydrogens is 501 g/mol. The van der Waals surface area contributed by atoms with E-state index in [-0.39, 0.29) is 24.0 Å². The first-order chi connectivity index (χ1) is 14.6. The standard InChI is InChI=1S/C24H35N5O.HI/c1-25-24(28(3)19-22-7-5-6-8-23(22)30-4)26-17-20-9-11-21(12-10-20)18-29-15-13-27(2)14-16-29;/h5-12H,13-19H2,1-4H3,(H,25,26);1H. The molecule has 0 unspecified atom stereocenters. The van der Waals surface area contributed by atoms with Crippen molar-refractivity contribution < 1.29 is 4.74 Å². The maximum absolute atomic E-state index is 5.47. The highest BCUT2D eigenvalue weighted by Crippen LogP contribution is 2.18. The number of hydrogen-bond donors (Lipinski definition) is 1. The van der Waals surface area contributed by atoms with Crippen LogP contribution in [-0.2, 0) is 19.6 Å². The number of guanidine groups is 1. The number of hydrogen-bond acceptors (Lipinski definition) is 4. The lowest BCUT2D eigenvalue weighted by atomic mass is 10.1. The molecule has 0 amide bonds. The van der Waals surface area contributed by atoms with Crippen LogP contribution < -0.4 is 10.1 Å². The van der Waals surface area contributed by atoms with Crippen molar-refractivity contribution in [2.45, 2.75) is 19.6 Å². The molecule has 6 nitrogen and oxygen atoms in total. The molecule has 0 radical (unpaired) electrons. The number of ether oxygens (including phenoxy) is 1. The summed E-state index contributed by atoms with van der Waals surface area (Å²) in [6.45, 7) is 7.12. The van der Waals surface area contributed by atoms with E-state index in [9.17, 15) is 0 Å². The number of methoxy groups -OCH3 is 1. The quantitative estimate of drug-likeness (QED) is 0.334. The van der Waals surface area contributed by atoms with Crippen LogP contribution >= 0.6 is 24.0 Å². The summed E-state index contributed by atoms with van der Waals surface area (Å²) in [5, 5.41) is 3.47. The second-order valence-corrected chi connectivity index (χ2v) is 7.96. The fourth-order valence-corrected chi connectivity index (χ4v) is 3.76. The zero-order chi connectivity index (χ0) is 21.3. The lowest BCUT2D eigenvalue weighted by Crippen LogP contribution is -2.43. The maximum atomic E-state index is 5.47. The topological polar surface area (TPSA) is 43.3 Å². The molecule has 3 rings (SSSR count). The zero-order valence-electron chi connectivity index (χ0n) is 19.2. The summed E-state index contributed by atoms with van der Waals surface area (Å²) in [7, 11) is 7.77. The van der Waals surface area contributed by atoms with E-state index in [1.165, 1.54) is 11.1 Å². The summed E-state index contributed by atoms with van der Waals surface area (Å²) < 4.78 is 5.47. The van der Waals surface area contributed by atoms with Crippen LogP contribution in [-0.4, -0.2) is 75.1 Å². The highest BCUT2D eigenvalue weighted by molar-refractivity contribution is 14.0. The Hall–Kier alpha value is -1.84. The van der Waals surface area contributed by atoms with Gasteiger partial charge in [-0.1, -0.05) is 42.5 Å². The Morgan fingerprint density at radius 1 is 1.03 bits per heavy atom. The van der Waals surface area contributed by atoms with E-state index < -0.39 is 0 Å². The molecule has 1 N–H and O–H groups in total. The first-order valence-corrected chi connectivity index (χ1v) is 10.6. The molecule has 2 aromatic carbocycles. The van der Waals surface area contributed by atoms with Gasteiger partial charge in [-0.3, -0.25) is 9.89 Å². The fourth-order valence-electron chi connectivity index (χ4n) is 3.76. The Morgan fingerprint density at radius 2 is 1.68 bits per heavy atom. The van der Waals surface area contributed by atoms with Gasteiger partial charge in [0.2, 0.25) is 0 Å². The van der Waals surface area contributed by atoms with E-state index >= 15 is 0 Å². The average Bonchev–Trinajstić information content (AvgIpc) is 2.77. The predicted molar refractivity (Wildman–Crippen MR) is 139 cm³/mol. The van der Waals surface area contributed by atoms with E-state index in [2.05, 4.69) is 62.4 Å². The number of nitrogens with zero attached hydrogens (tertiary/aromatic N) is 4. The van der Waals surface area contributed by atoms with Gasteiger partial charge in [0.05, 0.1) is 7.11 Å². The molecule has 31 heavy (non-hydrogen) atoms. The smallest absolute Gasteiger partial charge is 0.193 e. The van der Waals surface area contributed by atoms with Crippen LogP contribution in [0, 0.1) is 0 Å². The van der Waals surface area contributed by atoms with Crippen molar-refractivity contribution in [1.82, 2.24) is 20.0 Å². The number of benzene rings is 2. The molecule has 2 aromatic rings. The summed E-state index contributed by atoms with van der Waals surface area (Å²) in [5.74, 6) is 1.76. The zero-order valence-corrected chi connectivity index (χ0v) is 21.5. The summed E-state index contributed by atoms with van der Waals surface area (Å²) in [5.41, 5.74) is 3.77. The molecule has 1 aliphatic heterocycles. The van der Waals surface area contributed by atoms with E-state index in [0.717, 1.165) is 63.1 Å². The average molecular weight is 537 g/mol. The van der Waals surface area contributed by atoms with Gasteiger partial charge in [-0.15, -0.1) is 24.0 Å². The number of rotatable bonds is 7. The monoisotopic (exact) mass is 537 g/mol. The summed E-state index contributed by atoms with van der Waals surface area (Å²) in [6, 6.07) is 17.0. The third-order valence-electron chi connectivity index (χ3n) is 5.65. The van der Waals surface area contributed by atoms with Crippen LogP contribution in [0.1, 0.15) is 16.7 Å². The second-order valence-electron chi connectivity index (χ2n) is 7.96. The third kappa shape index (κ3) is 7.66. The molecule has 170 valence electrons. The minimum Gasteiger partial charge on any atom is -0.496 e. The lowest BCUT2D eigenvalue weighted by molar-refractivity contribution is 0.148. The number of piperazine rings is 1. The van der Waals surface area contributed by atoms with E-state index in [0.29, 0.717) is 0 Å². The molecular formula is C24H36IN5O. The molecule has 7 heteroatoms. The van der Waals surface area contributed by atoms with Crippen molar-refractivity contribution in [2.24, 2.45) is 4.99 Å². The Labute approximate surface area is 204 Å². The summed E-state index contributed by atoms with van der Waals surface area (Å²) >= 11 is 0. The number of para-hydroxylation sites is 1. The molecule has 0 spiro atoms. The van der Waals surface area contributed by atoms with Gasteiger partial charge >= 0.3 is 0 Å². The van der Waals surface area contributed by atoms with E-state index in [1.807, 2.05) is 32.3 Å². The minimum atomic E-state index is 0. The minimum absolute atomic E-state index is 0. The van der Waals surface area contributed by atoms with Crippen molar-refractivity contribution in [1.29, 1.82) is 0 Å². The van der Waals surface area contributed by atoms with Crippen molar-refractivity contribution in [3.8, 4) is 5.75 Å². The van der Waals surface area contributed by atoms with E-state index in [4.69, 9.17) is 4.74 Å². The Bertz CT molecular complexity index is 819.